The smallest absolute Gasteiger partial charge is 0.309 e. The number of hydrogen-bond donors (Lipinski definition) is 0. The van der Waals surface area contributed by atoms with Crippen molar-refractivity contribution in [2.45, 2.75) is 52.6 Å². The van der Waals surface area contributed by atoms with Gasteiger partial charge in [-0.05, 0) is 25.7 Å². The van der Waals surface area contributed by atoms with Gasteiger partial charge < -0.3 is 4.74 Å². The number of hydrogen-bond acceptors (Lipinski definition) is 3. The van der Waals surface area contributed by atoms with Gasteiger partial charge in [-0.3, -0.25) is 9.69 Å². The Balaban J connectivity index is 2.59. The predicted molar refractivity (Wildman–Crippen MR) is 65.2 cm³/mol. The molecule has 0 amide bonds. The summed E-state index contributed by atoms with van der Waals surface area (Å²) in [4.78, 5) is 14.0. The van der Waals surface area contributed by atoms with Crippen LogP contribution in [-0.4, -0.2) is 36.6 Å². The fraction of sp³-hybridized carbons (Fsp3) is 0.923. The average molecular weight is 227 g/mol. The number of esters is 1. The molecule has 0 heterocycles. The number of nitrogens with zero attached hydrogens (tertiary/aromatic N) is 1. The minimum Gasteiger partial charge on any atom is -0.469 e. The zero-order valence-electron chi connectivity index (χ0n) is 11.2. The third-order valence-corrected chi connectivity index (χ3v) is 3.41. The van der Waals surface area contributed by atoms with Crippen molar-refractivity contribution in [1.82, 2.24) is 4.90 Å². The minimum atomic E-state index is -0.0955. The summed E-state index contributed by atoms with van der Waals surface area (Å²) in [5, 5.41) is 0. The highest BCUT2D eigenvalue weighted by Gasteiger charge is 2.36. The molecule has 0 aliphatic heterocycles. The van der Waals surface area contributed by atoms with Gasteiger partial charge in [-0.15, -0.1) is 0 Å². The van der Waals surface area contributed by atoms with E-state index in [-0.39, 0.29) is 17.9 Å². The Morgan fingerprint density at radius 3 is 2.25 bits per heavy atom. The van der Waals surface area contributed by atoms with Crippen LogP contribution in [0.3, 0.4) is 0 Å². The second-order valence-electron chi connectivity index (χ2n) is 5.37. The van der Waals surface area contributed by atoms with Gasteiger partial charge in [0.2, 0.25) is 0 Å². The second kappa shape index (κ2) is 5.67. The summed E-state index contributed by atoms with van der Waals surface area (Å²) in [6.45, 7) is 9.64. The van der Waals surface area contributed by atoms with Crippen LogP contribution in [0.15, 0.2) is 0 Å². The first-order valence-corrected chi connectivity index (χ1v) is 6.31. The molecular formula is C13H25NO2. The van der Waals surface area contributed by atoms with Gasteiger partial charge in [-0.1, -0.05) is 20.8 Å². The zero-order chi connectivity index (χ0) is 12.3. The van der Waals surface area contributed by atoms with E-state index in [4.69, 9.17) is 4.74 Å². The molecule has 1 fully saturated rings. The Bertz CT molecular complexity index is 236. The molecule has 3 nitrogen and oxygen atoms in total. The van der Waals surface area contributed by atoms with E-state index in [0.717, 1.165) is 6.54 Å². The molecule has 2 unspecified atom stereocenters. The molecule has 1 aliphatic rings. The summed E-state index contributed by atoms with van der Waals surface area (Å²) < 4.78 is 4.82. The van der Waals surface area contributed by atoms with Gasteiger partial charge >= 0.3 is 5.97 Å². The SMILES string of the molecule is COC(=O)C(C)C(C)N(CC(C)C)C1CC1. The van der Waals surface area contributed by atoms with Crippen LogP contribution in [0.25, 0.3) is 0 Å². The number of carbonyl (C=O) groups excluding carboxylic acids is 1. The molecule has 0 aromatic heterocycles. The molecule has 0 aromatic rings. The van der Waals surface area contributed by atoms with Crippen LogP contribution >= 0.6 is 0 Å². The van der Waals surface area contributed by atoms with Gasteiger partial charge in [0.25, 0.3) is 0 Å². The fourth-order valence-corrected chi connectivity index (χ4v) is 2.15. The molecule has 16 heavy (non-hydrogen) atoms. The van der Waals surface area contributed by atoms with Crippen molar-refractivity contribution in [3.8, 4) is 0 Å². The maximum Gasteiger partial charge on any atom is 0.309 e. The first kappa shape index (κ1) is 13.5. The van der Waals surface area contributed by atoms with Crippen LogP contribution in [0.1, 0.15) is 40.5 Å². The molecule has 2 atom stereocenters. The van der Waals surface area contributed by atoms with E-state index < -0.39 is 0 Å². The van der Waals surface area contributed by atoms with Crippen LogP contribution in [0.2, 0.25) is 0 Å². The van der Waals surface area contributed by atoms with E-state index in [1.165, 1.54) is 20.0 Å². The lowest BCUT2D eigenvalue weighted by Crippen LogP contribution is -2.44. The van der Waals surface area contributed by atoms with Crippen molar-refractivity contribution in [2.24, 2.45) is 11.8 Å². The molecule has 0 N–H and O–H groups in total. The average Bonchev–Trinajstić information content (AvgIpc) is 3.06. The Hall–Kier alpha value is -0.570. The summed E-state index contributed by atoms with van der Waals surface area (Å²) in [6.07, 6.45) is 2.57. The predicted octanol–water partition coefficient (Wildman–Crippen LogP) is 2.30. The zero-order valence-corrected chi connectivity index (χ0v) is 11.2. The topological polar surface area (TPSA) is 29.5 Å². The minimum absolute atomic E-state index is 0.0376. The van der Waals surface area contributed by atoms with Crippen molar-refractivity contribution in [3.05, 3.63) is 0 Å². The third kappa shape index (κ3) is 3.48. The van der Waals surface area contributed by atoms with E-state index in [0.29, 0.717) is 12.0 Å². The highest BCUT2D eigenvalue weighted by Crippen LogP contribution is 2.31. The van der Waals surface area contributed by atoms with Crippen LogP contribution in [0.4, 0.5) is 0 Å². The van der Waals surface area contributed by atoms with Crippen LogP contribution in [-0.2, 0) is 9.53 Å². The van der Waals surface area contributed by atoms with Crippen LogP contribution < -0.4 is 0 Å². The number of carbonyl (C=O) groups is 1. The molecule has 0 bridgehead atoms. The lowest BCUT2D eigenvalue weighted by atomic mass is 10.0. The first-order chi connectivity index (χ1) is 7.47. The maximum absolute atomic E-state index is 11.5. The lowest BCUT2D eigenvalue weighted by molar-refractivity contribution is -0.147. The van der Waals surface area contributed by atoms with Gasteiger partial charge in [0.15, 0.2) is 0 Å². The van der Waals surface area contributed by atoms with Gasteiger partial charge in [-0.2, -0.15) is 0 Å². The summed E-state index contributed by atoms with van der Waals surface area (Å²) >= 11 is 0. The molecule has 1 saturated carbocycles. The van der Waals surface area contributed by atoms with Gasteiger partial charge in [0.05, 0.1) is 13.0 Å². The summed E-state index contributed by atoms with van der Waals surface area (Å²) in [6, 6.07) is 0.979. The second-order valence-corrected chi connectivity index (χ2v) is 5.37. The van der Waals surface area contributed by atoms with Crippen LogP contribution in [0, 0.1) is 11.8 Å². The van der Waals surface area contributed by atoms with Crippen LogP contribution in [0.5, 0.6) is 0 Å². The Morgan fingerprint density at radius 2 is 1.88 bits per heavy atom. The van der Waals surface area contributed by atoms with Gasteiger partial charge in [-0.25, -0.2) is 0 Å². The molecule has 0 saturated heterocycles. The molecule has 94 valence electrons. The van der Waals surface area contributed by atoms with E-state index in [2.05, 4.69) is 25.7 Å². The number of methoxy groups -OCH3 is 1. The number of ether oxygens (including phenoxy) is 1. The summed E-state index contributed by atoms with van der Waals surface area (Å²) in [7, 11) is 1.47. The van der Waals surface area contributed by atoms with E-state index in [1.54, 1.807) is 0 Å². The molecule has 0 aromatic carbocycles. The van der Waals surface area contributed by atoms with E-state index in [1.807, 2.05) is 6.92 Å². The Kier molecular flexibility index (Phi) is 4.78. The molecule has 3 heteroatoms. The quantitative estimate of drug-likeness (QED) is 0.652. The van der Waals surface area contributed by atoms with Gasteiger partial charge in [0, 0.05) is 18.6 Å². The fourth-order valence-electron chi connectivity index (χ4n) is 2.15. The first-order valence-electron chi connectivity index (χ1n) is 6.31. The summed E-state index contributed by atoms with van der Waals surface area (Å²) in [5.41, 5.74) is 0. The molecule has 1 rings (SSSR count). The standard InChI is InChI=1S/C13H25NO2/c1-9(2)8-14(12-6-7-12)11(4)10(3)13(15)16-5/h9-12H,6-8H2,1-5H3. The summed E-state index contributed by atoms with van der Waals surface area (Å²) in [5.74, 6) is 0.513. The van der Waals surface area contributed by atoms with E-state index >= 15 is 0 Å². The van der Waals surface area contributed by atoms with E-state index in [9.17, 15) is 4.79 Å². The normalized spacial score (nSPS) is 19.9. The molecule has 0 spiro atoms. The van der Waals surface area contributed by atoms with Crippen molar-refractivity contribution >= 4 is 5.97 Å². The maximum atomic E-state index is 11.5. The monoisotopic (exact) mass is 227 g/mol. The van der Waals surface area contributed by atoms with Crippen molar-refractivity contribution in [2.75, 3.05) is 13.7 Å². The lowest BCUT2D eigenvalue weighted by Gasteiger charge is -2.33. The largest absolute Gasteiger partial charge is 0.469 e. The highest BCUT2D eigenvalue weighted by molar-refractivity contribution is 5.72. The van der Waals surface area contributed by atoms with Crippen molar-refractivity contribution < 1.29 is 9.53 Å². The molecule has 1 aliphatic carbocycles. The Morgan fingerprint density at radius 1 is 1.31 bits per heavy atom. The third-order valence-electron chi connectivity index (χ3n) is 3.41. The van der Waals surface area contributed by atoms with Crippen molar-refractivity contribution in [1.29, 1.82) is 0 Å². The molecular weight excluding hydrogens is 202 g/mol. The Labute approximate surface area is 99.1 Å². The van der Waals surface area contributed by atoms with Gasteiger partial charge in [0.1, 0.15) is 0 Å². The van der Waals surface area contributed by atoms with Crippen molar-refractivity contribution in [3.63, 3.8) is 0 Å². The molecule has 0 radical (unpaired) electrons. The number of rotatable bonds is 6. The highest BCUT2D eigenvalue weighted by atomic mass is 16.5.